The lowest BCUT2D eigenvalue weighted by Gasteiger charge is -2.24. The monoisotopic (exact) mass is 306 g/mol. The van der Waals surface area contributed by atoms with E-state index < -0.39 is 0 Å². The highest BCUT2D eigenvalue weighted by Crippen LogP contribution is 2.36. The van der Waals surface area contributed by atoms with Crippen molar-refractivity contribution in [2.24, 2.45) is 5.92 Å². The van der Waals surface area contributed by atoms with Gasteiger partial charge in [-0.1, -0.05) is 13.8 Å². The first-order chi connectivity index (χ1) is 10.1. The highest BCUT2D eigenvalue weighted by atomic mass is 32.1. The molecule has 0 saturated heterocycles. The molecule has 21 heavy (non-hydrogen) atoms. The van der Waals surface area contributed by atoms with Crippen LogP contribution in [0.15, 0.2) is 5.38 Å². The number of thiazole rings is 1. The first kappa shape index (κ1) is 14.6. The molecule has 0 saturated carbocycles. The highest BCUT2D eigenvalue weighted by Gasteiger charge is 2.27. The quantitative estimate of drug-likeness (QED) is 0.811. The molecule has 114 valence electrons. The second-order valence-corrected chi connectivity index (χ2v) is 7.00. The smallest absolute Gasteiger partial charge is 0.305 e. The minimum Gasteiger partial charge on any atom is -0.469 e. The zero-order chi connectivity index (χ0) is 15.0. The Morgan fingerprint density at radius 2 is 2.33 bits per heavy atom. The Morgan fingerprint density at radius 3 is 3.10 bits per heavy atom. The number of aromatic nitrogens is 2. The van der Waals surface area contributed by atoms with Crippen molar-refractivity contribution in [2.45, 2.75) is 51.9 Å². The zero-order valence-electron chi connectivity index (χ0n) is 12.9. The summed E-state index contributed by atoms with van der Waals surface area (Å²) in [5.74, 6) is 1.16. The predicted molar refractivity (Wildman–Crippen MR) is 83.9 cm³/mol. The van der Waals surface area contributed by atoms with Gasteiger partial charge in [0, 0.05) is 23.2 Å². The van der Waals surface area contributed by atoms with Crippen molar-refractivity contribution >= 4 is 22.3 Å². The number of hydrogen-bond acceptors (Lipinski definition) is 4. The lowest BCUT2D eigenvalue weighted by Crippen LogP contribution is -2.16. The molecule has 0 N–H and O–H groups in total. The van der Waals surface area contributed by atoms with Gasteiger partial charge in [0.05, 0.1) is 12.8 Å². The van der Waals surface area contributed by atoms with Crippen molar-refractivity contribution in [3.63, 3.8) is 0 Å². The summed E-state index contributed by atoms with van der Waals surface area (Å²) in [5.41, 5.74) is 3.97. The summed E-state index contributed by atoms with van der Waals surface area (Å²) in [6.07, 6.45) is 4.54. The summed E-state index contributed by atoms with van der Waals surface area (Å²) in [6, 6.07) is 0. The Labute approximate surface area is 129 Å². The van der Waals surface area contributed by atoms with Crippen molar-refractivity contribution in [1.29, 1.82) is 0 Å². The van der Waals surface area contributed by atoms with Gasteiger partial charge in [0.2, 0.25) is 0 Å². The molecule has 2 aromatic heterocycles. The molecule has 0 spiro atoms. The molecular formula is C16H22N2O2S. The van der Waals surface area contributed by atoms with E-state index in [-0.39, 0.29) is 5.97 Å². The number of aryl methyl sites for hydroxylation is 1. The van der Waals surface area contributed by atoms with Gasteiger partial charge >= 0.3 is 5.97 Å². The van der Waals surface area contributed by atoms with Gasteiger partial charge in [-0.25, -0.2) is 4.98 Å². The van der Waals surface area contributed by atoms with Gasteiger partial charge < -0.3 is 4.74 Å². The van der Waals surface area contributed by atoms with Gasteiger partial charge in [0.1, 0.15) is 0 Å². The average Bonchev–Trinajstić information content (AvgIpc) is 2.97. The van der Waals surface area contributed by atoms with Gasteiger partial charge in [-0.2, -0.15) is 0 Å². The summed E-state index contributed by atoms with van der Waals surface area (Å²) in [5, 5.41) is 2.19. The lowest BCUT2D eigenvalue weighted by atomic mass is 9.84. The second-order valence-electron chi connectivity index (χ2n) is 6.16. The van der Waals surface area contributed by atoms with E-state index in [0.717, 1.165) is 30.1 Å². The lowest BCUT2D eigenvalue weighted by molar-refractivity contribution is -0.140. The molecule has 2 aromatic rings. The fourth-order valence-corrected chi connectivity index (χ4v) is 4.40. The molecule has 2 unspecified atom stereocenters. The number of fused-ring (bicyclic) bond motifs is 3. The Hall–Kier alpha value is -1.36. The molecule has 0 radical (unpaired) electrons. The van der Waals surface area contributed by atoms with Gasteiger partial charge in [-0.3, -0.25) is 9.20 Å². The fraction of sp³-hybridized carbons (Fsp3) is 0.625. The van der Waals surface area contributed by atoms with Crippen LogP contribution in [0.2, 0.25) is 0 Å². The second kappa shape index (κ2) is 5.79. The van der Waals surface area contributed by atoms with Crippen molar-refractivity contribution < 1.29 is 9.53 Å². The van der Waals surface area contributed by atoms with E-state index in [1.54, 1.807) is 11.3 Å². The Balaban J connectivity index is 1.86. The van der Waals surface area contributed by atoms with Crippen LogP contribution in [-0.2, 0) is 22.4 Å². The summed E-state index contributed by atoms with van der Waals surface area (Å²) >= 11 is 1.71. The van der Waals surface area contributed by atoms with Crippen LogP contribution in [0.5, 0.6) is 0 Å². The number of hydrogen-bond donors (Lipinski definition) is 0. The number of esters is 1. The van der Waals surface area contributed by atoms with Crippen molar-refractivity contribution in [1.82, 2.24) is 9.38 Å². The van der Waals surface area contributed by atoms with Crippen molar-refractivity contribution in [3.05, 3.63) is 22.5 Å². The molecule has 2 heterocycles. The number of methoxy groups -OCH3 is 1. The Kier molecular flexibility index (Phi) is 4.02. The van der Waals surface area contributed by atoms with Crippen LogP contribution in [0.3, 0.4) is 0 Å². The van der Waals surface area contributed by atoms with Crippen LogP contribution >= 0.6 is 11.3 Å². The Bertz CT molecular complexity index is 659. The number of carbonyl (C=O) groups excluding carboxylic acids is 1. The molecule has 0 fully saturated rings. The van der Waals surface area contributed by atoms with Gasteiger partial charge in [0.25, 0.3) is 0 Å². The van der Waals surface area contributed by atoms with E-state index in [2.05, 4.69) is 23.6 Å². The van der Waals surface area contributed by atoms with Crippen LogP contribution in [0.4, 0.5) is 0 Å². The maximum absolute atomic E-state index is 11.2. The standard InChI is InChI=1S/C16H22N2O2S/c1-10-7-11(2)15-13(8-10)17-16-18(15)12(9-21-16)5-4-6-14(19)20-3/h9-11H,4-8H2,1-3H3. The van der Waals surface area contributed by atoms with E-state index in [1.807, 2.05) is 0 Å². The first-order valence-electron chi connectivity index (χ1n) is 7.64. The molecule has 3 rings (SSSR count). The van der Waals surface area contributed by atoms with E-state index in [0.29, 0.717) is 12.3 Å². The SMILES string of the molecule is COC(=O)CCCc1csc2nc3c(n12)C(C)CC(C)C3. The number of imidazole rings is 1. The summed E-state index contributed by atoms with van der Waals surface area (Å²) in [6.45, 7) is 4.61. The topological polar surface area (TPSA) is 43.6 Å². The van der Waals surface area contributed by atoms with E-state index in [4.69, 9.17) is 9.72 Å². The van der Waals surface area contributed by atoms with Gasteiger partial charge in [-0.05, 0) is 37.5 Å². The first-order valence-corrected chi connectivity index (χ1v) is 8.52. The molecular weight excluding hydrogens is 284 g/mol. The van der Waals surface area contributed by atoms with Crippen LogP contribution in [-0.4, -0.2) is 22.5 Å². The minimum atomic E-state index is -0.128. The van der Waals surface area contributed by atoms with Crippen LogP contribution < -0.4 is 0 Å². The molecule has 2 atom stereocenters. The molecule has 0 bridgehead atoms. The third kappa shape index (κ3) is 2.71. The number of rotatable bonds is 4. The third-order valence-electron chi connectivity index (χ3n) is 4.35. The molecule has 0 aliphatic heterocycles. The largest absolute Gasteiger partial charge is 0.469 e. The minimum absolute atomic E-state index is 0.128. The maximum Gasteiger partial charge on any atom is 0.305 e. The van der Waals surface area contributed by atoms with Crippen LogP contribution in [0.25, 0.3) is 4.96 Å². The number of nitrogens with zero attached hydrogens (tertiary/aromatic N) is 2. The fourth-order valence-electron chi connectivity index (χ4n) is 3.46. The summed E-state index contributed by atoms with van der Waals surface area (Å²) in [7, 11) is 1.44. The zero-order valence-corrected chi connectivity index (χ0v) is 13.7. The third-order valence-corrected chi connectivity index (χ3v) is 5.23. The van der Waals surface area contributed by atoms with Gasteiger partial charge in [0.15, 0.2) is 4.96 Å². The number of ether oxygens (including phenoxy) is 1. The normalized spacial score (nSPS) is 21.5. The van der Waals surface area contributed by atoms with E-state index in [1.165, 1.54) is 30.6 Å². The van der Waals surface area contributed by atoms with Crippen molar-refractivity contribution in [3.8, 4) is 0 Å². The van der Waals surface area contributed by atoms with Crippen LogP contribution in [0, 0.1) is 5.92 Å². The van der Waals surface area contributed by atoms with E-state index in [9.17, 15) is 4.79 Å². The maximum atomic E-state index is 11.2. The molecule has 0 amide bonds. The van der Waals surface area contributed by atoms with Crippen LogP contribution in [0.1, 0.15) is 56.1 Å². The molecule has 1 aliphatic carbocycles. The highest BCUT2D eigenvalue weighted by molar-refractivity contribution is 7.15. The molecule has 5 heteroatoms. The summed E-state index contributed by atoms with van der Waals surface area (Å²) < 4.78 is 7.05. The Morgan fingerprint density at radius 1 is 1.52 bits per heavy atom. The molecule has 0 aromatic carbocycles. The van der Waals surface area contributed by atoms with Crippen molar-refractivity contribution in [2.75, 3.05) is 7.11 Å². The predicted octanol–water partition coefficient (Wildman–Crippen LogP) is 3.58. The van der Waals surface area contributed by atoms with E-state index >= 15 is 0 Å². The molecule has 4 nitrogen and oxygen atoms in total. The summed E-state index contributed by atoms with van der Waals surface area (Å²) in [4.78, 5) is 17.2. The average molecular weight is 306 g/mol. The molecule has 1 aliphatic rings. The van der Waals surface area contributed by atoms with Gasteiger partial charge in [-0.15, -0.1) is 11.3 Å². The number of carbonyl (C=O) groups is 1.